The molecule has 1 aliphatic rings. The molecule has 18 heavy (non-hydrogen) atoms. The van der Waals surface area contributed by atoms with E-state index in [0.29, 0.717) is 0 Å². The van der Waals surface area contributed by atoms with Gasteiger partial charge in [-0.2, -0.15) is 0 Å². The summed E-state index contributed by atoms with van der Waals surface area (Å²) in [6.07, 6.45) is 2.21. The lowest BCUT2D eigenvalue weighted by molar-refractivity contribution is -0.122. The Labute approximate surface area is 114 Å². The minimum Gasteiger partial charge on any atom is -0.360 e. The Morgan fingerprint density at radius 2 is 2.22 bits per heavy atom. The van der Waals surface area contributed by atoms with Crippen LogP contribution in [0.3, 0.4) is 0 Å². The van der Waals surface area contributed by atoms with Crippen LogP contribution < -0.4 is 10.6 Å². The molecule has 1 heterocycles. The Morgan fingerprint density at radius 1 is 1.56 bits per heavy atom. The maximum atomic E-state index is 11.8. The van der Waals surface area contributed by atoms with Crippen LogP contribution in [0.4, 0.5) is 0 Å². The van der Waals surface area contributed by atoms with Crippen LogP contribution in [-0.2, 0) is 4.79 Å². The third-order valence-corrected chi connectivity index (χ3v) is 4.09. The molecule has 1 fully saturated rings. The molecular weight excluding hydrogens is 246 g/mol. The Hall–Kier alpha value is -0.710. The minimum absolute atomic E-state index is 0.0105. The highest BCUT2D eigenvalue weighted by Crippen LogP contribution is 2.25. The van der Waals surface area contributed by atoms with Gasteiger partial charge in [0.1, 0.15) is 6.04 Å². The van der Waals surface area contributed by atoms with E-state index in [1.807, 2.05) is 20.8 Å². The largest absolute Gasteiger partial charge is 0.360 e. The second-order valence-electron chi connectivity index (χ2n) is 5.41. The number of thioether (sulfide) groups is 1. The van der Waals surface area contributed by atoms with Crippen molar-refractivity contribution in [1.29, 1.82) is 0 Å². The highest BCUT2D eigenvalue weighted by atomic mass is 32.2. The van der Waals surface area contributed by atoms with E-state index >= 15 is 0 Å². The van der Waals surface area contributed by atoms with Gasteiger partial charge in [0.15, 0.2) is 5.17 Å². The summed E-state index contributed by atoms with van der Waals surface area (Å²) in [5.41, 5.74) is 0.123. The van der Waals surface area contributed by atoms with E-state index in [4.69, 9.17) is 0 Å². The van der Waals surface area contributed by atoms with Crippen LogP contribution in [0.2, 0.25) is 0 Å². The van der Waals surface area contributed by atoms with Crippen molar-refractivity contribution >= 4 is 22.8 Å². The summed E-state index contributed by atoms with van der Waals surface area (Å²) in [7, 11) is 0. The van der Waals surface area contributed by atoms with Crippen LogP contribution in [-0.4, -0.2) is 34.5 Å². The molecule has 2 unspecified atom stereocenters. The van der Waals surface area contributed by atoms with Gasteiger partial charge >= 0.3 is 0 Å². The number of hydrogen-bond donors (Lipinski definition) is 2. The molecule has 0 aromatic heterocycles. The lowest BCUT2D eigenvalue weighted by Crippen LogP contribution is -2.49. The summed E-state index contributed by atoms with van der Waals surface area (Å²) in [6.45, 7) is 10.1. The summed E-state index contributed by atoms with van der Waals surface area (Å²) < 4.78 is 0. The van der Waals surface area contributed by atoms with E-state index in [2.05, 4.69) is 29.5 Å². The molecule has 1 saturated heterocycles. The molecule has 4 nitrogen and oxygen atoms in total. The first-order chi connectivity index (χ1) is 8.36. The van der Waals surface area contributed by atoms with Gasteiger partial charge in [0.2, 0.25) is 5.91 Å². The summed E-state index contributed by atoms with van der Waals surface area (Å²) >= 11 is 1.70. The number of amides is 1. The van der Waals surface area contributed by atoms with Crippen molar-refractivity contribution in [2.45, 2.75) is 65.1 Å². The van der Waals surface area contributed by atoms with Gasteiger partial charge in [0.05, 0.1) is 0 Å². The number of rotatable bonds is 4. The SMILES string of the molecule is CCC1(C)CCSC(=NC(C)C(=O)NC(C)C)N1. The molecule has 2 N–H and O–H groups in total. The molecule has 2 atom stereocenters. The predicted molar refractivity (Wildman–Crippen MR) is 79.1 cm³/mol. The number of hydrogen-bond acceptors (Lipinski definition) is 3. The maximum absolute atomic E-state index is 11.8. The third-order valence-electron chi connectivity index (χ3n) is 3.20. The number of aliphatic imine (C=N–C) groups is 1. The zero-order valence-electron chi connectivity index (χ0n) is 12.0. The van der Waals surface area contributed by atoms with Gasteiger partial charge in [-0.3, -0.25) is 4.79 Å². The first-order valence-corrected chi connectivity index (χ1v) is 7.64. The monoisotopic (exact) mass is 271 g/mol. The molecular formula is C13H25N3OS. The highest BCUT2D eigenvalue weighted by molar-refractivity contribution is 8.13. The zero-order chi connectivity index (χ0) is 13.8. The van der Waals surface area contributed by atoms with Crippen molar-refractivity contribution in [1.82, 2.24) is 10.6 Å². The molecule has 104 valence electrons. The molecule has 0 bridgehead atoms. The van der Waals surface area contributed by atoms with Crippen molar-refractivity contribution in [2.75, 3.05) is 5.75 Å². The van der Waals surface area contributed by atoms with E-state index in [9.17, 15) is 4.79 Å². The van der Waals surface area contributed by atoms with Crippen molar-refractivity contribution in [3.8, 4) is 0 Å². The van der Waals surface area contributed by atoms with Crippen molar-refractivity contribution in [2.24, 2.45) is 4.99 Å². The smallest absolute Gasteiger partial charge is 0.244 e. The van der Waals surface area contributed by atoms with Crippen molar-refractivity contribution < 1.29 is 4.79 Å². The predicted octanol–water partition coefficient (Wildman–Crippen LogP) is 2.15. The Morgan fingerprint density at radius 3 is 2.78 bits per heavy atom. The van der Waals surface area contributed by atoms with Gasteiger partial charge in [-0.25, -0.2) is 4.99 Å². The van der Waals surface area contributed by atoms with Crippen LogP contribution in [0.15, 0.2) is 4.99 Å². The first-order valence-electron chi connectivity index (χ1n) is 6.65. The number of nitrogens with zero attached hydrogens (tertiary/aromatic N) is 1. The standard InChI is InChI=1S/C13H25N3OS/c1-6-13(5)7-8-18-12(16-13)15-10(4)11(17)14-9(2)3/h9-10H,6-8H2,1-5H3,(H,14,17)(H,15,16). The minimum atomic E-state index is -0.332. The second kappa shape index (κ2) is 6.45. The summed E-state index contributed by atoms with van der Waals surface area (Å²) in [5, 5.41) is 7.24. The highest BCUT2D eigenvalue weighted by Gasteiger charge is 2.28. The van der Waals surface area contributed by atoms with Gasteiger partial charge in [0, 0.05) is 17.3 Å². The van der Waals surface area contributed by atoms with Crippen LogP contribution in [0.1, 0.15) is 47.5 Å². The van der Waals surface area contributed by atoms with Crippen LogP contribution in [0.25, 0.3) is 0 Å². The van der Waals surface area contributed by atoms with E-state index in [0.717, 1.165) is 23.8 Å². The quantitative estimate of drug-likeness (QED) is 0.824. The molecule has 5 heteroatoms. The fourth-order valence-corrected chi connectivity index (χ4v) is 3.00. The zero-order valence-corrected chi connectivity index (χ0v) is 12.9. The number of amidine groups is 1. The van der Waals surface area contributed by atoms with E-state index in [1.54, 1.807) is 11.8 Å². The molecule has 0 aliphatic carbocycles. The number of nitrogens with one attached hydrogen (secondary N) is 2. The summed E-state index contributed by atoms with van der Waals surface area (Å²) in [6, 6.07) is -0.172. The number of carbonyl (C=O) groups excluding carboxylic acids is 1. The van der Waals surface area contributed by atoms with Gasteiger partial charge in [-0.05, 0) is 40.5 Å². The fraction of sp³-hybridized carbons (Fsp3) is 0.846. The Balaban J connectivity index is 2.62. The maximum Gasteiger partial charge on any atom is 0.244 e. The molecule has 1 aliphatic heterocycles. The lowest BCUT2D eigenvalue weighted by Gasteiger charge is -2.35. The topological polar surface area (TPSA) is 53.5 Å². The average molecular weight is 271 g/mol. The van der Waals surface area contributed by atoms with Gasteiger partial charge in [-0.15, -0.1) is 0 Å². The summed E-state index contributed by atoms with van der Waals surface area (Å²) in [5.74, 6) is 1.05. The molecule has 0 saturated carbocycles. The van der Waals surface area contributed by atoms with Gasteiger partial charge < -0.3 is 10.6 Å². The van der Waals surface area contributed by atoms with Crippen LogP contribution in [0.5, 0.6) is 0 Å². The number of carbonyl (C=O) groups is 1. The average Bonchev–Trinajstić information content (AvgIpc) is 2.28. The van der Waals surface area contributed by atoms with E-state index in [-0.39, 0.29) is 23.5 Å². The van der Waals surface area contributed by atoms with E-state index < -0.39 is 0 Å². The lowest BCUT2D eigenvalue weighted by atomic mass is 9.96. The van der Waals surface area contributed by atoms with Gasteiger partial charge in [-0.1, -0.05) is 18.7 Å². The van der Waals surface area contributed by atoms with Crippen LogP contribution in [0, 0.1) is 0 Å². The van der Waals surface area contributed by atoms with E-state index in [1.165, 1.54) is 0 Å². The van der Waals surface area contributed by atoms with Crippen molar-refractivity contribution in [3.63, 3.8) is 0 Å². The molecule has 1 amide bonds. The Kier molecular flexibility index (Phi) is 5.50. The first kappa shape index (κ1) is 15.3. The third kappa shape index (κ3) is 4.52. The molecule has 0 radical (unpaired) electrons. The molecule has 0 spiro atoms. The van der Waals surface area contributed by atoms with Crippen molar-refractivity contribution in [3.05, 3.63) is 0 Å². The second-order valence-corrected chi connectivity index (χ2v) is 6.49. The normalized spacial score (nSPS) is 28.0. The summed E-state index contributed by atoms with van der Waals surface area (Å²) in [4.78, 5) is 16.3. The van der Waals surface area contributed by atoms with Gasteiger partial charge in [0.25, 0.3) is 0 Å². The van der Waals surface area contributed by atoms with Crippen LogP contribution >= 0.6 is 11.8 Å². The fourth-order valence-electron chi connectivity index (χ4n) is 1.70. The Bertz CT molecular complexity index is 330. The molecule has 0 aromatic carbocycles. The molecule has 1 rings (SSSR count). The molecule has 0 aromatic rings.